The van der Waals surface area contributed by atoms with Crippen LogP contribution in [0, 0.1) is 0 Å². The Hall–Kier alpha value is -2.04. The molecule has 0 spiro atoms. The van der Waals surface area contributed by atoms with Gasteiger partial charge in [0.1, 0.15) is 4.83 Å². The number of H-pyrrole nitrogens is 1. The highest BCUT2D eigenvalue weighted by atomic mass is 32.1. The molecule has 0 aliphatic heterocycles. The number of nitrogens with one attached hydrogen (secondary N) is 1. The largest absolute Gasteiger partial charge is 0.495 e. The summed E-state index contributed by atoms with van der Waals surface area (Å²) in [7, 11) is 0. The molecule has 0 aliphatic rings. The summed E-state index contributed by atoms with van der Waals surface area (Å²) < 4.78 is 1.97. The third kappa shape index (κ3) is 2.48. The van der Waals surface area contributed by atoms with E-state index in [1.54, 1.807) is 6.07 Å². The topological polar surface area (TPSA) is 140 Å². The maximum atomic E-state index is 8.91. The van der Waals surface area contributed by atoms with Gasteiger partial charge in [-0.05, 0) is 6.07 Å². The van der Waals surface area contributed by atoms with Crippen molar-refractivity contribution in [3.8, 4) is 5.88 Å². The summed E-state index contributed by atoms with van der Waals surface area (Å²) in [6, 6.07) is 3.50. The number of aromatic hydroxyl groups is 1. The molecular weight excluding hydrogens is 316 g/mol. The molecule has 104 valence electrons. The molecule has 4 rings (SSSR count). The summed E-state index contributed by atoms with van der Waals surface area (Å²) in [5, 5.41) is 10.8. The molecular formula is C10H10N6OS3. The van der Waals surface area contributed by atoms with Crippen LogP contribution < -0.4 is 17.2 Å². The molecule has 20 heavy (non-hydrogen) atoms. The summed E-state index contributed by atoms with van der Waals surface area (Å²) >= 11 is 4.29. The third-order valence-corrected chi connectivity index (χ3v) is 4.96. The van der Waals surface area contributed by atoms with Gasteiger partial charge in [0, 0.05) is 6.07 Å². The summed E-state index contributed by atoms with van der Waals surface area (Å²) in [5.74, 6) is 0.133. The normalized spacial score (nSPS) is 10.8. The van der Waals surface area contributed by atoms with E-state index in [9.17, 15) is 0 Å². The van der Waals surface area contributed by atoms with Gasteiger partial charge in [-0.1, -0.05) is 34.0 Å². The minimum atomic E-state index is 0.133. The molecule has 8 N–H and O–H groups in total. The van der Waals surface area contributed by atoms with Crippen molar-refractivity contribution < 1.29 is 5.11 Å². The molecule has 0 atom stereocenters. The number of rotatable bonds is 0. The summed E-state index contributed by atoms with van der Waals surface area (Å²) in [6.07, 6.45) is 0. The van der Waals surface area contributed by atoms with E-state index < -0.39 is 0 Å². The van der Waals surface area contributed by atoms with Crippen molar-refractivity contribution >= 4 is 69.2 Å². The van der Waals surface area contributed by atoms with Crippen molar-refractivity contribution in [2.24, 2.45) is 0 Å². The second kappa shape index (κ2) is 4.81. The number of aromatic nitrogens is 3. The van der Waals surface area contributed by atoms with Crippen molar-refractivity contribution in [1.82, 2.24) is 15.0 Å². The molecule has 4 aromatic heterocycles. The molecule has 4 heterocycles. The molecule has 0 fully saturated rings. The molecule has 0 saturated heterocycles. The number of hydrogen-bond acceptors (Lipinski definition) is 9. The van der Waals surface area contributed by atoms with Gasteiger partial charge in [-0.15, -0.1) is 0 Å². The highest BCUT2D eigenvalue weighted by Crippen LogP contribution is 2.32. The molecule has 0 aliphatic carbocycles. The monoisotopic (exact) mass is 326 g/mol. The van der Waals surface area contributed by atoms with E-state index >= 15 is 0 Å². The summed E-state index contributed by atoms with van der Waals surface area (Å²) in [6.45, 7) is 0. The minimum Gasteiger partial charge on any atom is -0.495 e. The van der Waals surface area contributed by atoms with Crippen molar-refractivity contribution in [3.05, 3.63) is 12.1 Å². The molecule has 0 amide bonds. The fourth-order valence-corrected chi connectivity index (χ4v) is 4.08. The zero-order chi connectivity index (χ0) is 14.3. The van der Waals surface area contributed by atoms with Gasteiger partial charge < -0.3 is 27.3 Å². The summed E-state index contributed by atoms with van der Waals surface area (Å²) in [5.41, 5.74) is 17.0. The minimum absolute atomic E-state index is 0.133. The van der Waals surface area contributed by atoms with Crippen LogP contribution in [-0.2, 0) is 0 Å². The molecule has 0 radical (unpaired) electrons. The third-order valence-electron chi connectivity index (χ3n) is 2.31. The van der Waals surface area contributed by atoms with E-state index in [-0.39, 0.29) is 5.88 Å². The molecule has 0 unspecified atom stereocenters. The van der Waals surface area contributed by atoms with E-state index in [0.29, 0.717) is 15.9 Å². The second-order valence-electron chi connectivity index (χ2n) is 3.79. The Balaban J connectivity index is 0.000000121. The van der Waals surface area contributed by atoms with Gasteiger partial charge in [-0.25, -0.2) is 9.97 Å². The number of nitrogens with two attached hydrogens (primary N) is 3. The standard InChI is InChI=1S/C5H5N3OS.C5H5N3S2/c6-5-8-4-2(10-5)1-3(9)7-4;6-3-1-2-4(10-3)8-5(7)9-2/h1,7,9H,(H2,6,8);1H,6H2,(H2,7,8). The lowest BCUT2D eigenvalue weighted by Crippen LogP contribution is -1.79. The van der Waals surface area contributed by atoms with Gasteiger partial charge in [0.05, 0.1) is 14.4 Å². The Morgan fingerprint density at radius 2 is 1.65 bits per heavy atom. The predicted molar refractivity (Wildman–Crippen MR) is 86.4 cm³/mol. The smallest absolute Gasteiger partial charge is 0.191 e. The van der Waals surface area contributed by atoms with Crippen LogP contribution in [-0.4, -0.2) is 20.1 Å². The number of nitrogen functional groups attached to an aromatic ring is 3. The fraction of sp³-hybridized carbons (Fsp3) is 0. The average molecular weight is 326 g/mol. The van der Waals surface area contributed by atoms with Crippen LogP contribution in [0.25, 0.3) is 19.9 Å². The van der Waals surface area contributed by atoms with Gasteiger partial charge in [0.25, 0.3) is 0 Å². The Bertz CT molecular complexity index is 673. The highest BCUT2D eigenvalue weighted by Gasteiger charge is 2.03. The maximum Gasteiger partial charge on any atom is 0.191 e. The summed E-state index contributed by atoms with van der Waals surface area (Å²) in [4.78, 5) is 11.6. The lowest BCUT2D eigenvalue weighted by molar-refractivity contribution is 0.458. The van der Waals surface area contributed by atoms with Crippen LogP contribution in [0.5, 0.6) is 5.88 Å². The van der Waals surface area contributed by atoms with E-state index in [0.717, 1.165) is 19.2 Å². The first-order valence-corrected chi connectivity index (χ1v) is 7.81. The number of fused-ring (bicyclic) bond motifs is 2. The van der Waals surface area contributed by atoms with Gasteiger partial charge in [-0.2, -0.15) is 0 Å². The van der Waals surface area contributed by atoms with E-state index in [1.807, 2.05) is 6.07 Å². The number of thiazole rings is 2. The molecule has 0 bridgehead atoms. The van der Waals surface area contributed by atoms with Crippen LogP contribution >= 0.6 is 34.0 Å². The van der Waals surface area contributed by atoms with E-state index in [4.69, 9.17) is 22.3 Å². The van der Waals surface area contributed by atoms with Gasteiger partial charge in [0.2, 0.25) is 0 Å². The fourth-order valence-electron chi connectivity index (χ4n) is 1.59. The number of aromatic amines is 1. The van der Waals surface area contributed by atoms with Crippen LogP contribution in [0.3, 0.4) is 0 Å². The van der Waals surface area contributed by atoms with Gasteiger partial charge in [0.15, 0.2) is 21.8 Å². The van der Waals surface area contributed by atoms with Crippen LogP contribution in [0.4, 0.5) is 15.3 Å². The zero-order valence-electron chi connectivity index (χ0n) is 9.95. The first-order chi connectivity index (χ1) is 9.51. The molecule has 4 aromatic rings. The Morgan fingerprint density at radius 3 is 2.35 bits per heavy atom. The van der Waals surface area contributed by atoms with Crippen LogP contribution in [0.2, 0.25) is 0 Å². The van der Waals surface area contributed by atoms with Gasteiger partial charge in [-0.3, -0.25) is 0 Å². The van der Waals surface area contributed by atoms with Crippen molar-refractivity contribution in [3.63, 3.8) is 0 Å². The maximum absolute atomic E-state index is 8.91. The highest BCUT2D eigenvalue weighted by molar-refractivity contribution is 7.30. The van der Waals surface area contributed by atoms with E-state index in [2.05, 4.69) is 15.0 Å². The average Bonchev–Trinajstić information content (AvgIpc) is 2.98. The SMILES string of the molecule is Nc1cc2sc(N)nc2s1.Nc1nc2[nH]c(O)cc2s1. The first-order valence-electron chi connectivity index (χ1n) is 5.36. The molecule has 0 aromatic carbocycles. The first kappa shape index (κ1) is 13.0. The van der Waals surface area contributed by atoms with Gasteiger partial charge >= 0.3 is 0 Å². The Kier molecular flexibility index (Phi) is 3.12. The number of hydrogen-bond donors (Lipinski definition) is 5. The van der Waals surface area contributed by atoms with Crippen molar-refractivity contribution in [2.75, 3.05) is 17.2 Å². The van der Waals surface area contributed by atoms with E-state index in [1.165, 1.54) is 34.0 Å². The Morgan fingerprint density at radius 1 is 0.950 bits per heavy atom. The van der Waals surface area contributed by atoms with Crippen LogP contribution in [0.15, 0.2) is 12.1 Å². The van der Waals surface area contributed by atoms with Crippen LogP contribution in [0.1, 0.15) is 0 Å². The quantitative estimate of drug-likeness (QED) is 0.336. The lowest BCUT2D eigenvalue weighted by Gasteiger charge is -1.77. The number of nitrogens with zero attached hydrogens (tertiary/aromatic N) is 2. The lowest BCUT2D eigenvalue weighted by atomic mass is 10.6. The second-order valence-corrected chi connectivity index (χ2v) is 6.98. The number of anilines is 3. The molecule has 7 nitrogen and oxygen atoms in total. The number of thiophene rings is 1. The zero-order valence-corrected chi connectivity index (χ0v) is 12.4. The molecule has 10 heteroatoms. The Labute approximate surface area is 124 Å². The van der Waals surface area contributed by atoms with Crippen molar-refractivity contribution in [2.45, 2.75) is 0 Å². The predicted octanol–water partition coefficient (Wildman–Crippen LogP) is 2.43. The van der Waals surface area contributed by atoms with Crippen molar-refractivity contribution in [1.29, 1.82) is 0 Å². The molecule has 0 saturated carbocycles.